The number of rotatable bonds is 6. The van der Waals surface area contributed by atoms with E-state index < -0.39 is 11.6 Å². The first-order valence-electron chi connectivity index (χ1n) is 14.5. The average molecular weight is 499 g/mol. The molecule has 2 aromatic rings. The summed E-state index contributed by atoms with van der Waals surface area (Å²) in [6.45, 7) is 4.27. The van der Waals surface area contributed by atoms with Crippen molar-refractivity contribution >= 4 is 0 Å². The fourth-order valence-corrected chi connectivity index (χ4v) is 7.30. The largest absolute Gasteiger partial charge is 0.487 e. The standard InChI is InChI=1S/C32H41F3O/c1-3-5-20-6-8-21(9-7-20)22-10-12-23(13-11-22)27-17-15-24(19-29(27)33)28-18-25-14-16-26(4-2)36-32(25)31(35)30(28)34/h15,17-23,26H,3-14,16H2,1-2H3. The van der Waals surface area contributed by atoms with Crippen LogP contribution in [0, 0.1) is 35.2 Å². The van der Waals surface area contributed by atoms with Crippen LogP contribution < -0.4 is 4.74 Å². The molecule has 0 radical (unpaired) electrons. The molecule has 5 rings (SSSR count). The molecule has 0 saturated heterocycles. The Balaban J connectivity index is 1.26. The molecule has 0 bridgehead atoms. The molecule has 4 heteroatoms. The van der Waals surface area contributed by atoms with Gasteiger partial charge in [-0.2, -0.15) is 4.39 Å². The third-order valence-electron chi connectivity index (χ3n) is 9.49. The van der Waals surface area contributed by atoms with Gasteiger partial charge in [-0.15, -0.1) is 0 Å². The Morgan fingerprint density at radius 2 is 1.50 bits per heavy atom. The summed E-state index contributed by atoms with van der Waals surface area (Å²) in [4.78, 5) is 0. The van der Waals surface area contributed by atoms with Gasteiger partial charge < -0.3 is 4.74 Å². The van der Waals surface area contributed by atoms with E-state index in [1.165, 1.54) is 57.4 Å². The van der Waals surface area contributed by atoms with Crippen LogP contribution in [0.4, 0.5) is 13.2 Å². The van der Waals surface area contributed by atoms with E-state index in [-0.39, 0.29) is 29.2 Å². The molecule has 0 amide bonds. The van der Waals surface area contributed by atoms with Gasteiger partial charge in [-0.05, 0) is 110 Å². The Bertz CT molecular complexity index is 1050. The van der Waals surface area contributed by atoms with Crippen LogP contribution in [0.15, 0.2) is 24.3 Å². The molecule has 196 valence electrons. The van der Waals surface area contributed by atoms with Crippen molar-refractivity contribution in [3.8, 4) is 16.9 Å². The summed E-state index contributed by atoms with van der Waals surface area (Å²) in [6, 6.07) is 6.63. The van der Waals surface area contributed by atoms with E-state index >= 15 is 8.78 Å². The minimum atomic E-state index is -0.952. The quantitative estimate of drug-likeness (QED) is 0.385. The second kappa shape index (κ2) is 11.2. The summed E-state index contributed by atoms with van der Waals surface area (Å²) in [5.74, 6) is 0.621. The summed E-state index contributed by atoms with van der Waals surface area (Å²) in [5.41, 5.74) is 1.92. The van der Waals surface area contributed by atoms with E-state index in [1.807, 2.05) is 13.0 Å². The van der Waals surface area contributed by atoms with Crippen LogP contribution in [0.1, 0.15) is 108 Å². The minimum absolute atomic E-state index is 0.0297. The number of ether oxygens (including phenoxy) is 1. The molecule has 0 aromatic heterocycles. The van der Waals surface area contributed by atoms with Gasteiger partial charge in [0.25, 0.3) is 0 Å². The zero-order chi connectivity index (χ0) is 25.2. The minimum Gasteiger partial charge on any atom is -0.487 e. The van der Waals surface area contributed by atoms with Crippen LogP contribution in [0.25, 0.3) is 11.1 Å². The number of aryl methyl sites for hydroxylation is 1. The fraction of sp³-hybridized carbons (Fsp3) is 0.625. The topological polar surface area (TPSA) is 9.23 Å². The molecule has 2 aliphatic carbocycles. The fourth-order valence-electron chi connectivity index (χ4n) is 7.30. The molecule has 1 aliphatic heterocycles. The second-order valence-corrected chi connectivity index (χ2v) is 11.6. The second-order valence-electron chi connectivity index (χ2n) is 11.6. The summed E-state index contributed by atoms with van der Waals surface area (Å²) in [7, 11) is 0. The van der Waals surface area contributed by atoms with Gasteiger partial charge in [0.1, 0.15) is 5.82 Å². The highest BCUT2D eigenvalue weighted by atomic mass is 19.2. The number of fused-ring (bicyclic) bond motifs is 1. The van der Waals surface area contributed by atoms with Crippen LogP contribution >= 0.6 is 0 Å². The number of benzene rings is 2. The maximum Gasteiger partial charge on any atom is 0.201 e. The maximum absolute atomic E-state index is 15.3. The van der Waals surface area contributed by atoms with Gasteiger partial charge in [-0.3, -0.25) is 0 Å². The van der Waals surface area contributed by atoms with Crippen LogP contribution in [0.5, 0.6) is 5.75 Å². The maximum atomic E-state index is 15.3. The first kappa shape index (κ1) is 25.7. The van der Waals surface area contributed by atoms with Gasteiger partial charge in [0.15, 0.2) is 11.6 Å². The molecule has 1 heterocycles. The van der Waals surface area contributed by atoms with Crippen LogP contribution in [-0.4, -0.2) is 6.10 Å². The van der Waals surface area contributed by atoms with Crippen LogP contribution in [0.2, 0.25) is 0 Å². The highest BCUT2D eigenvalue weighted by Crippen LogP contribution is 2.45. The molecule has 36 heavy (non-hydrogen) atoms. The zero-order valence-corrected chi connectivity index (χ0v) is 21.9. The molecule has 1 unspecified atom stereocenters. The lowest BCUT2D eigenvalue weighted by Gasteiger charge is -2.38. The van der Waals surface area contributed by atoms with Crippen molar-refractivity contribution in [3.63, 3.8) is 0 Å². The Hall–Kier alpha value is -1.97. The molecule has 0 N–H and O–H groups in total. The van der Waals surface area contributed by atoms with Crippen LogP contribution in [-0.2, 0) is 6.42 Å². The Morgan fingerprint density at radius 1 is 0.806 bits per heavy atom. The molecule has 2 fully saturated rings. The normalized spacial score (nSPS) is 28.4. The lowest BCUT2D eigenvalue weighted by molar-refractivity contribution is 0.156. The van der Waals surface area contributed by atoms with Crippen molar-refractivity contribution in [2.45, 2.75) is 109 Å². The Morgan fingerprint density at radius 3 is 2.14 bits per heavy atom. The third-order valence-corrected chi connectivity index (χ3v) is 9.49. The van der Waals surface area contributed by atoms with Crippen LogP contribution in [0.3, 0.4) is 0 Å². The predicted octanol–water partition coefficient (Wildman–Crippen LogP) is 9.75. The van der Waals surface area contributed by atoms with Crippen molar-refractivity contribution in [2.24, 2.45) is 17.8 Å². The zero-order valence-electron chi connectivity index (χ0n) is 21.9. The summed E-state index contributed by atoms with van der Waals surface area (Å²) < 4.78 is 50.9. The lowest BCUT2D eigenvalue weighted by Crippen LogP contribution is -2.25. The molecule has 2 saturated carbocycles. The van der Waals surface area contributed by atoms with Gasteiger partial charge >= 0.3 is 0 Å². The van der Waals surface area contributed by atoms with Gasteiger partial charge in [0.2, 0.25) is 5.82 Å². The van der Waals surface area contributed by atoms with Gasteiger partial charge in [0.05, 0.1) is 6.10 Å². The monoisotopic (exact) mass is 498 g/mol. The lowest BCUT2D eigenvalue weighted by atomic mass is 9.68. The number of hydrogen-bond acceptors (Lipinski definition) is 1. The van der Waals surface area contributed by atoms with E-state index in [0.717, 1.165) is 49.0 Å². The average Bonchev–Trinajstić information content (AvgIpc) is 2.91. The number of hydrogen-bond donors (Lipinski definition) is 0. The van der Waals surface area contributed by atoms with Crippen molar-refractivity contribution in [2.75, 3.05) is 0 Å². The van der Waals surface area contributed by atoms with Gasteiger partial charge in [-0.1, -0.05) is 51.7 Å². The summed E-state index contributed by atoms with van der Waals surface area (Å²) in [5, 5.41) is 0. The van der Waals surface area contributed by atoms with E-state index in [0.29, 0.717) is 17.5 Å². The SMILES string of the molecule is CCCC1CCC(C2CCC(c3ccc(-c4cc5c(c(F)c4F)OC(CC)CC5)cc3F)CC2)CC1. The van der Waals surface area contributed by atoms with Crippen molar-refractivity contribution in [3.05, 3.63) is 52.8 Å². The Labute approximate surface area is 214 Å². The van der Waals surface area contributed by atoms with Gasteiger partial charge in [-0.25, -0.2) is 8.78 Å². The van der Waals surface area contributed by atoms with Gasteiger partial charge in [0, 0.05) is 5.56 Å². The van der Waals surface area contributed by atoms with E-state index in [4.69, 9.17) is 4.74 Å². The molecular formula is C32H41F3O. The van der Waals surface area contributed by atoms with Crippen molar-refractivity contribution < 1.29 is 17.9 Å². The molecule has 0 spiro atoms. The highest BCUT2D eigenvalue weighted by Gasteiger charge is 2.32. The molecule has 2 aromatic carbocycles. The number of halogens is 3. The Kier molecular flexibility index (Phi) is 7.98. The first-order valence-corrected chi connectivity index (χ1v) is 14.5. The first-order chi connectivity index (χ1) is 17.5. The van der Waals surface area contributed by atoms with E-state index in [2.05, 4.69) is 6.92 Å². The molecule has 1 nitrogen and oxygen atoms in total. The van der Waals surface area contributed by atoms with Crippen molar-refractivity contribution in [1.82, 2.24) is 0 Å². The van der Waals surface area contributed by atoms with Crippen molar-refractivity contribution in [1.29, 1.82) is 0 Å². The predicted molar refractivity (Wildman–Crippen MR) is 140 cm³/mol. The third kappa shape index (κ3) is 5.20. The molecule has 1 atom stereocenters. The van der Waals surface area contributed by atoms with E-state index in [1.54, 1.807) is 12.1 Å². The smallest absolute Gasteiger partial charge is 0.201 e. The summed E-state index contributed by atoms with van der Waals surface area (Å²) >= 11 is 0. The molecule has 3 aliphatic rings. The molecular weight excluding hydrogens is 457 g/mol. The van der Waals surface area contributed by atoms with E-state index in [9.17, 15) is 4.39 Å². The summed E-state index contributed by atoms with van der Waals surface area (Å²) in [6.07, 6.45) is 14.7. The highest BCUT2D eigenvalue weighted by molar-refractivity contribution is 5.67.